The Hall–Kier alpha value is -2.36. The number of carbonyl (C=O) groups excluding carboxylic acids is 4. The molecule has 0 unspecified atom stereocenters. The van der Waals surface area contributed by atoms with Gasteiger partial charge < -0.3 is 10.2 Å². The van der Waals surface area contributed by atoms with Gasteiger partial charge in [-0.1, -0.05) is 0 Å². The van der Waals surface area contributed by atoms with E-state index in [4.69, 9.17) is 0 Å². The summed E-state index contributed by atoms with van der Waals surface area (Å²) in [5, 5.41) is 2.80. The van der Waals surface area contributed by atoms with Crippen LogP contribution >= 0.6 is 0 Å². The number of rotatable bonds is 1. The van der Waals surface area contributed by atoms with E-state index in [1.807, 2.05) is 5.43 Å². The predicted molar refractivity (Wildman–Crippen MR) is 63.4 cm³/mol. The van der Waals surface area contributed by atoms with Gasteiger partial charge in [0.2, 0.25) is 5.91 Å². The highest BCUT2D eigenvalue weighted by Gasteiger charge is 2.32. The van der Waals surface area contributed by atoms with Crippen molar-refractivity contribution in [3.63, 3.8) is 0 Å². The first-order valence-electron chi connectivity index (χ1n) is 5.14. The van der Waals surface area contributed by atoms with Gasteiger partial charge in [-0.2, -0.15) is 0 Å². The number of amides is 7. The highest BCUT2D eigenvalue weighted by Crippen LogP contribution is 2.01. The van der Waals surface area contributed by atoms with Gasteiger partial charge >= 0.3 is 18.1 Å². The summed E-state index contributed by atoms with van der Waals surface area (Å²) in [5.74, 6) is -0.656. The molecule has 10 heteroatoms. The van der Waals surface area contributed by atoms with Gasteiger partial charge in [0.05, 0.1) is 7.11 Å². The Morgan fingerprint density at radius 2 is 1.58 bits per heavy atom. The van der Waals surface area contributed by atoms with Crippen LogP contribution in [0, 0.1) is 0 Å². The Morgan fingerprint density at radius 1 is 1.05 bits per heavy atom. The normalized spacial score (nSPS) is 9.32. The number of carbonyl (C=O) groups is 4. The van der Waals surface area contributed by atoms with E-state index in [-0.39, 0.29) is 5.06 Å². The van der Waals surface area contributed by atoms with Crippen molar-refractivity contribution in [1.82, 2.24) is 25.7 Å². The van der Waals surface area contributed by atoms with E-state index in [2.05, 4.69) is 10.2 Å². The Labute approximate surface area is 110 Å². The van der Waals surface area contributed by atoms with Gasteiger partial charge in [-0.05, 0) is 0 Å². The molecule has 2 N–H and O–H groups in total. The van der Waals surface area contributed by atoms with Crippen LogP contribution in [0.15, 0.2) is 0 Å². The lowest BCUT2D eigenvalue weighted by Crippen LogP contribution is -2.58. The maximum atomic E-state index is 12.0. The Balaban J connectivity index is 5.24. The fraction of sp³-hybridized carbons (Fsp3) is 0.556. The van der Waals surface area contributed by atoms with Crippen LogP contribution in [-0.2, 0) is 9.63 Å². The molecule has 19 heavy (non-hydrogen) atoms. The van der Waals surface area contributed by atoms with Crippen molar-refractivity contribution >= 4 is 24.0 Å². The molecule has 0 atom stereocenters. The van der Waals surface area contributed by atoms with E-state index in [1.54, 1.807) is 0 Å². The molecule has 0 aromatic heterocycles. The topological polar surface area (TPSA) is 111 Å². The average Bonchev–Trinajstić information content (AvgIpc) is 2.34. The molecule has 10 nitrogen and oxygen atoms in total. The summed E-state index contributed by atoms with van der Waals surface area (Å²) in [4.78, 5) is 51.7. The van der Waals surface area contributed by atoms with Crippen LogP contribution in [0.5, 0.6) is 0 Å². The average molecular weight is 275 g/mol. The summed E-state index contributed by atoms with van der Waals surface area (Å²) in [6.07, 6.45) is 0. The predicted octanol–water partition coefficient (Wildman–Crippen LogP) is -0.656. The number of nitrogens with zero attached hydrogens (tertiary/aromatic N) is 3. The van der Waals surface area contributed by atoms with Crippen LogP contribution in [-0.4, -0.2) is 67.2 Å². The number of hydrazine groups is 1. The maximum Gasteiger partial charge on any atom is 0.380 e. The molecular weight excluding hydrogens is 258 g/mol. The van der Waals surface area contributed by atoms with Crippen molar-refractivity contribution in [1.29, 1.82) is 0 Å². The summed E-state index contributed by atoms with van der Waals surface area (Å²) in [5.41, 5.74) is 2.01. The van der Waals surface area contributed by atoms with E-state index in [1.165, 1.54) is 21.1 Å². The quantitative estimate of drug-likeness (QED) is 0.617. The fourth-order valence-corrected chi connectivity index (χ4v) is 0.975. The number of urea groups is 3. The van der Waals surface area contributed by atoms with Crippen LogP contribution in [0.1, 0.15) is 6.92 Å². The van der Waals surface area contributed by atoms with Gasteiger partial charge in [-0.3, -0.25) is 15.1 Å². The summed E-state index contributed by atoms with van der Waals surface area (Å²) in [7, 11) is 5.10. The summed E-state index contributed by atoms with van der Waals surface area (Å²) >= 11 is 0. The zero-order valence-electron chi connectivity index (χ0n) is 11.4. The number of imide groups is 2. The molecule has 0 aliphatic rings. The lowest BCUT2D eigenvalue weighted by molar-refractivity contribution is -0.123. The molecule has 7 amide bonds. The van der Waals surface area contributed by atoms with E-state index in [9.17, 15) is 19.2 Å². The summed E-state index contributed by atoms with van der Waals surface area (Å²) < 4.78 is 0. The molecule has 0 rings (SSSR count). The second-order valence-corrected chi connectivity index (χ2v) is 3.50. The minimum Gasteiger partial charge on any atom is -0.339 e. The van der Waals surface area contributed by atoms with Crippen LogP contribution in [0.25, 0.3) is 0 Å². The third kappa shape index (κ3) is 4.43. The smallest absolute Gasteiger partial charge is 0.339 e. The Kier molecular flexibility index (Phi) is 6.27. The Morgan fingerprint density at radius 3 is 1.89 bits per heavy atom. The lowest BCUT2D eigenvalue weighted by Gasteiger charge is -2.27. The number of nitrogens with one attached hydrogen (secondary N) is 2. The molecular formula is C9H17N5O5. The van der Waals surface area contributed by atoms with Crippen LogP contribution in [0.3, 0.4) is 0 Å². The minimum atomic E-state index is -1.16. The minimum absolute atomic E-state index is 0.289. The largest absolute Gasteiger partial charge is 0.380 e. The van der Waals surface area contributed by atoms with Gasteiger partial charge in [0.25, 0.3) is 0 Å². The number of hydrogen-bond donors (Lipinski definition) is 2. The van der Waals surface area contributed by atoms with Crippen LogP contribution < -0.4 is 10.7 Å². The molecule has 108 valence electrons. The van der Waals surface area contributed by atoms with Crippen LogP contribution in [0.2, 0.25) is 0 Å². The molecule has 0 aromatic rings. The van der Waals surface area contributed by atoms with Crippen molar-refractivity contribution < 1.29 is 24.0 Å². The van der Waals surface area contributed by atoms with E-state index >= 15 is 0 Å². The van der Waals surface area contributed by atoms with Gasteiger partial charge in [0, 0.05) is 28.1 Å². The maximum absolute atomic E-state index is 12.0. The van der Waals surface area contributed by atoms with E-state index < -0.39 is 24.0 Å². The molecule has 0 spiro atoms. The van der Waals surface area contributed by atoms with Crippen molar-refractivity contribution in [3.8, 4) is 0 Å². The fourth-order valence-electron chi connectivity index (χ4n) is 0.975. The Bertz CT molecular complexity index is 383. The summed E-state index contributed by atoms with van der Waals surface area (Å²) in [6, 6.07) is -2.89. The third-order valence-corrected chi connectivity index (χ3v) is 1.79. The molecule has 0 aliphatic carbocycles. The van der Waals surface area contributed by atoms with Crippen molar-refractivity contribution in [2.45, 2.75) is 6.92 Å². The monoisotopic (exact) mass is 275 g/mol. The van der Waals surface area contributed by atoms with Gasteiger partial charge in [-0.15, -0.1) is 10.1 Å². The highest BCUT2D eigenvalue weighted by atomic mass is 16.7. The van der Waals surface area contributed by atoms with Crippen LogP contribution in [0.4, 0.5) is 14.4 Å². The summed E-state index contributed by atoms with van der Waals surface area (Å²) in [6.45, 7) is 1.11. The molecule has 0 aromatic carbocycles. The second kappa shape index (κ2) is 7.16. The zero-order chi connectivity index (χ0) is 15.2. The highest BCUT2D eigenvalue weighted by molar-refractivity contribution is 6.01. The van der Waals surface area contributed by atoms with Crippen molar-refractivity contribution in [3.05, 3.63) is 0 Å². The number of hydrogen-bond acceptors (Lipinski definition) is 5. The molecule has 0 bridgehead atoms. The van der Waals surface area contributed by atoms with E-state index in [0.717, 1.165) is 18.9 Å². The zero-order valence-corrected chi connectivity index (χ0v) is 11.4. The van der Waals surface area contributed by atoms with E-state index in [0.29, 0.717) is 5.01 Å². The van der Waals surface area contributed by atoms with Crippen molar-refractivity contribution in [2.24, 2.45) is 0 Å². The SMILES string of the molecule is CNC(=O)N(OC)C(=O)N(NC(C)=O)C(=O)N(C)C. The lowest BCUT2D eigenvalue weighted by atomic mass is 10.7. The molecule has 0 heterocycles. The number of hydroxylamine groups is 2. The second-order valence-electron chi connectivity index (χ2n) is 3.50. The van der Waals surface area contributed by atoms with Crippen molar-refractivity contribution in [2.75, 3.05) is 28.3 Å². The molecule has 0 radical (unpaired) electrons. The standard InChI is InChI=1S/C9H17N5O5/c1-6(15)11-13(8(17)12(3)4)9(18)14(19-5)7(16)10-2/h1-5H3,(H,10,16)(H,11,15). The molecule has 0 saturated heterocycles. The first-order chi connectivity index (χ1) is 8.76. The third-order valence-electron chi connectivity index (χ3n) is 1.79. The van der Waals surface area contributed by atoms with Gasteiger partial charge in [0.1, 0.15) is 0 Å². The first kappa shape index (κ1) is 16.6. The molecule has 0 fully saturated rings. The van der Waals surface area contributed by atoms with Gasteiger partial charge in [-0.25, -0.2) is 14.4 Å². The van der Waals surface area contributed by atoms with Gasteiger partial charge in [0.15, 0.2) is 0 Å². The molecule has 0 saturated carbocycles. The molecule has 0 aliphatic heterocycles. The first-order valence-corrected chi connectivity index (χ1v) is 5.14.